The van der Waals surface area contributed by atoms with Gasteiger partial charge in [-0.15, -0.1) is 0 Å². The fourth-order valence-electron chi connectivity index (χ4n) is 2.95. The number of amides is 1. The second-order valence-electron chi connectivity index (χ2n) is 6.00. The average Bonchev–Trinajstić information content (AvgIpc) is 2.73. The van der Waals surface area contributed by atoms with Crippen molar-refractivity contribution in [3.05, 3.63) is 23.6 Å². The molecular weight excluding hydrogens is 269 g/mol. The van der Waals surface area contributed by atoms with E-state index in [0.29, 0.717) is 24.9 Å². The van der Waals surface area contributed by atoms with Crippen LogP contribution < -0.4 is 5.32 Å². The molecule has 0 aliphatic carbocycles. The van der Waals surface area contributed by atoms with Crippen LogP contribution in [0.2, 0.25) is 0 Å². The molecule has 2 heterocycles. The van der Waals surface area contributed by atoms with Gasteiger partial charge in [0.25, 0.3) is 5.91 Å². The minimum atomic E-state index is -0.561. The predicted molar refractivity (Wildman–Crippen MR) is 81.8 cm³/mol. The highest BCUT2D eigenvalue weighted by molar-refractivity contribution is 5.95. The molecule has 116 valence electrons. The second-order valence-corrected chi connectivity index (χ2v) is 6.00. The van der Waals surface area contributed by atoms with E-state index in [2.05, 4.69) is 24.1 Å². The highest BCUT2D eigenvalue weighted by Crippen LogP contribution is 2.26. The van der Waals surface area contributed by atoms with Crippen LogP contribution in [-0.2, 0) is 0 Å². The van der Waals surface area contributed by atoms with E-state index in [1.807, 2.05) is 0 Å². The van der Waals surface area contributed by atoms with Gasteiger partial charge in [-0.2, -0.15) is 0 Å². The molecule has 1 aliphatic rings. The van der Waals surface area contributed by atoms with Crippen LogP contribution >= 0.6 is 0 Å². The lowest BCUT2D eigenvalue weighted by Gasteiger charge is -2.22. The molecule has 1 fully saturated rings. The highest BCUT2D eigenvalue weighted by Gasteiger charge is 2.25. The summed E-state index contributed by atoms with van der Waals surface area (Å²) in [7, 11) is 1.60. The van der Waals surface area contributed by atoms with Crippen LogP contribution in [0.3, 0.4) is 0 Å². The molecule has 1 N–H and O–H groups in total. The summed E-state index contributed by atoms with van der Waals surface area (Å²) >= 11 is 0. The number of likely N-dealkylation sites (tertiary alicyclic amines) is 1. The summed E-state index contributed by atoms with van der Waals surface area (Å²) in [6.45, 7) is 5.87. The van der Waals surface area contributed by atoms with Crippen LogP contribution in [-0.4, -0.2) is 35.9 Å². The summed E-state index contributed by atoms with van der Waals surface area (Å²) in [6.07, 6.45) is 4.59. The molecule has 0 bridgehead atoms. The van der Waals surface area contributed by atoms with E-state index in [4.69, 9.17) is 0 Å². The van der Waals surface area contributed by atoms with E-state index in [0.717, 1.165) is 19.3 Å². The molecular formula is C16H24FN3O. The fraction of sp³-hybridized carbons (Fsp3) is 0.625. The van der Waals surface area contributed by atoms with Gasteiger partial charge in [-0.25, -0.2) is 9.37 Å². The van der Waals surface area contributed by atoms with Crippen LogP contribution in [0.4, 0.5) is 10.2 Å². The van der Waals surface area contributed by atoms with Gasteiger partial charge in [0.15, 0.2) is 11.6 Å². The second kappa shape index (κ2) is 6.87. The van der Waals surface area contributed by atoms with Crippen molar-refractivity contribution < 1.29 is 9.18 Å². The smallest absolute Gasteiger partial charge is 0.257 e. The number of rotatable bonds is 3. The Morgan fingerprint density at radius 3 is 2.86 bits per heavy atom. The van der Waals surface area contributed by atoms with Gasteiger partial charge in [0.1, 0.15) is 0 Å². The number of nitrogens with one attached hydrogen (secondary N) is 1. The van der Waals surface area contributed by atoms with Crippen molar-refractivity contribution in [1.29, 1.82) is 0 Å². The molecule has 1 aromatic heterocycles. The summed E-state index contributed by atoms with van der Waals surface area (Å²) < 4.78 is 14.2. The quantitative estimate of drug-likeness (QED) is 0.931. The third kappa shape index (κ3) is 3.52. The van der Waals surface area contributed by atoms with Crippen molar-refractivity contribution in [2.24, 2.45) is 11.8 Å². The van der Waals surface area contributed by atoms with E-state index in [1.54, 1.807) is 11.9 Å². The van der Waals surface area contributed by atoms with E-state index >= 15 is 0 Å². The van der Waals surface area contributed by atoms with Crippen LogP contribution in [0.25, 0.3) is 0 Å². The van der Waals surface area contributed by atoms with Crippen molar-refractivity contribution in [3.63, 3.8) is 0 Å². The molecule has 1 aliphatic heterocycles. The first-order valence-electron chi connectivity index (χ1n) is 7.66. The largest absolute Gasteiger partial charge is 0.371 e. The Morgan fingerprint density at radius 2 is 2.19 bits per heavy atom. The van der Waals surface area contributed by atoms with E-state index in [9.17, 15) is 9.18 Å². The van der Waals surface area contributed by atoms with Gasteiger partial charge in [-0.1, -0.05) is 13.8 Å². The zero-order valence-electron chi connectivity index (χ0n) is 13.0. The van der Waals surface area contributed by atoms with Crippen molar-refractivity contribution in [2.45, 2.75) is 33.1 Å². The summed E-state index contributed by atoms with van der Waals surface area (Å²) in [5.74, 6) is 0.618. The van der Waals surface area contributed by atoms with E-state index in [1.165, 1.54) is 12.3 Å². The summed E-state index contributed by atoms with van der Waals surface area (Å²) in [6, 6.07) is 1.46. The van der Waals surface area contributed by atoms with Gasteiger partial charge in [-0.05, 0) is 37.2 Å². The Labute approximate surface area is 125 Å². The molecule has 4 nitrogen and oxygen atoms in total. The standard InChI is InChI=1S/C16H24FN3O/c1-11(2)12-5-4-9-20(10-7-12)16(21)13-6-8-19-15(18-3)14(13)17/h6,8,11-12H,4-5,7,9-10H2,1-3H3,(H,18,19). The number of carbonyl (C=O) groups is 1. The summed E-state index contributed by atoms with van der Waals surface area (Å²) in [5.41, 5.74) is 0.109. The third-order valence-electron chi connectivity index (χ3n) is 4.36. The first kappa shape index (κ1) is 15.7. The van der Waals surface area contributed by atoms with Crippen LogP contribution in [0.5, 0.6) is 0 Å². The number of nitrogens with zero attached hydrogens (tertiary/aromatic N) is 2. The monoisotopic (exact) mass is 293 g/mol. The lowest BCUT2D eigenvalue weighted by atomic mass is 9.89. The molecule has 2 rings (SSSR count). The SMILES string of the molecule is CNc1nccc(C(=O)N2CCCC(C(C)C)CC2)c1F. The maximum absolute atomic E-state index is 14.2. The first-order valence-corrected chi connectivity index (χ1v) is 7.66. The molecule has 1 amide bonds. The zero-order valence-corrected chi connectivity index (χ0v) is 13.0. The van der Waals surface area contributed by atoms with Gasteiger partial charge in [0.2, 0.25) is 0 Å². The lowest BCUT2D eigenvalue weighted by molar-refractivity contribution is 0.0754. The Balaban J connectivity index is 2.13. The molecule has 0 saturated carbocycles. The first-order chi connectivity index (χ1) is 10.0. The number of halogens is 1. The van der Waals surface area contributed by atoms with E-state index < -0.39 is 5.82 Å². The number of aromatic nitrogens is 1. The minimum absolute atomic E-state index is 0.109. The Kier molecular flexibility index (Phi) is 5.15. The van der Waals surface area contributed by atoms with Gasteiger partial charge < -0.3 is 10.2 Å². The molecule has 1 atom stereocenters. The predicted octanol–water partition coefficient (Wildman–Crippen LogP) is 3.16. The Morgan fingerprint density at radius 1 is 1.43 bits per heavy atom. The van der Waals surface area contributed by atoms with Crippen molar-refractivity contribution in [3.8, 4) is 0 Å². The Hall–Kier alpha value is -1.65. The third-order valence-corrected chi connectivity index (χ3v) is 4.36. The average molecular weight is 293 g/mol. The number of hydrogen-bond donors (Lipinski definition) is 1. The maximum Gasteiger partial charge on any atom is 0.257 e. The fourth-order valence-corrected chi connectivity index (χ4v) is 2.95. The molecule has 0 spiro atoms. The number of carbonyl (C=O) groups excluding carboxylic acids is 1. The topological polar surface area (TPSA) is 45.2 Å². The molecule has 0 aromatic carbocycles. The maximum atomic E-state index is 14.2. The van der Waals surface area contributed by atoms with Gasteiger partial charge >= 0.3 is 0 Å². The Bertz CT molecular complexity index is 504. The molecule has 21 heavy (non-hydrogen) atoms. The van der Waals surface area contributed by atoms with Gasteiger partial charge in [0, 0.05) is 26.3 Å². The van der Waals surface area contributed by atoms with Crippen LogP contribution in [0.15, 0.2) is 12.3 Å². The number of hydrogen-bond acceptors (Lipinski definition) is 3. The van der Waals surface area contributed by atoms with Crippen LogP contribution in [0, 0.1) is 17.7 Å². The van der Waals surface area contributed by atoms with Crippen molar-refractivity contribution >= 4 is 11.7 Å². The lowest BCUT2D eigenvalue weighted by Crippen LogP contribution is -2.33. The van der Waals surface area contributed by atoms with Gasteiger partial charge in [-0.3, -0.25) is 4.79 Å². The molecule has 5 heteroatoms. The zero-order chi connectivity index (χ0) is 15.4. The molecule has 1 saturated heterocycles. The minimum Gasteiger partial charge on any atom is -0.371 e. The van der Waals surface area contributed by atoms with Crippen LogP contribution in [0.1, 0.15) is 43.5 Å². The number of pyridine rings is 1. The molecule has 1 unspecified atom stereocenters. The molecule has 1 aromatic rings. The normalized spacial score (nSPS) is 19.5. The molecule has 0 radical (unpaired) electrons. The van der Waals surface area contributed by atoms with E-state index in [-0.39, 0.29) is 17.3 Å². The highest BCUT2D eigenvalue weighted by atomic mass is 19.1. The number of anilines is 1. The van der Waals surface area contributed by atoms with Gasteiger partial charge in [0.05, 0.1) is 5.56 Å². The summed E-state index contributed by atoms with van der Waals surface area (Å²) in [5, 5.41) is 2.67. The summed E-state index contributed by atoms with van der Waals surface area (Å²) in [4.78, 5) is 18.2. The van der Waals surface area contributed by atoms with Crippen molar-refractivity contribution in [2.75, 3.05) is 25.5 Å². The van der Waals surface area contributed by atoms with Crippen molar-refractivity contribution in [1.82, 2.24) is 9.88 Å².